The van der Waals surface area contributed by atoms with Crippen LogP contribution in [0.3, 0.4) is 0 Å². The molecule has 0 saturated carbocycles. The number of rotatable bonds is 4. The molecule has 0 radical (unpaired) electrons. The van der Waals surface area contributed by atoms with Crippen molar-refractivity contribution in [1.82, 2.24) is 0 Å². The Labute approximate surface area is 66.9 Å². The van der Waals surface area contributed by atoms with Crippen molar-refractivity contribution in [3.8, 4) is 0 Å². The molecule has 3 N–H and O–H groups in total. The standard InChI is InChI=1S/C8H15NO2/c1-3-7(9)6(5-10)8(11)4-2/h9-11H,3-5H2,1-2H3/b8-6-,9-7?. The van der Waals surface area contributed by atoms with E-state index in [0.717, 1.165) is 0 Å². The predicted molar refractivity (Wildman–Crippen MR) is 45.0 cm³/mol. The Morgan fingerprint density at radius 1 is 1.27 bits per heavy atom. The molecule has 0 unspecified atom stereocenters. The van der Waals surface area contributed by atoms with Gasteiger partial charge in [-0.15, -0.1) is 0 Å². The number of aliphatic hydroxyl groups is 2. The van der Waals surface area contributed by atoms with E-state index in [-0.39, 0.29) is 12.4 Å². The Morgan fingerprint density at radius 3 is 2.09 bits per heavy atom. The summed E-state index contributed by atoms with van der Waals surface area (Å²) in [5.74, 6) is 0.124. The van der Waals surface area contributed by atoms with E-state index in [4.69, 9.17) is 10.5 Å². The van der Waals surface area contributed by atoms with Crippen LogP contribution in [0.5, 0.6) is 0 Å². The molecule has 0 fully saturated rings. The minimum absolute atomic E-state index is 0.124. The molecule has 0 aromatic rings. The molecule has 64 valence electrons. The SMILES string of the molecule is CCC(=N)/C(CO)=C(\O)CC. The van der Waals surface area contributed by atoms with Gasteiger partial charge in [0.2, 0.25) is 0 Å². The van der Waals surface area contributed by atoms with Crippen molar-refractivity contribution in [3.05, 3.63) is 11.3 Å². The first-order chi connectivity index (χ1) is 5.17. The zero-order valence-electron chi connectivity index (χ0n) is 7.02. The average molecular weight is 157 g/mol. The summed E-state index contributed by atoms with van der Waals surface area (Å²) in [5.41, 5.74) is 0.682. The maximum Gasteiger partial charge on any atom is 0.0992 e. The lowest BCUT2D eigenvalue weighted by atomic mass is 10.1. The fourth-order valence-corrected chi connectivity index (χ4v) is 0.788. The molecule has 0 aliphatic carbocycles. The van der Waals surface area contributed by atoms with Gasteiger partial charge in [0.05, 0.1) is 12.4 Å². The fraction of sp³-hybridized carbons (Fsp3) is 0.625. The Hall–Kier alpha value is -0.830. The van der Waals surface area contributed by atoms with E-state index in [0.29, 0.717) is 24.1 Å². The largest absolute Gasteiger partial charge is 0.512 e. The van der Waals surface area contributed by atoms with Crippen molar-refractivity contribution < 1.29 is 10.2 Å². The molecule has 0 aromatic heterocycles. The number of allylic oxidation sites excluding steroid dienone is 1. The van der Waals surface area contributed by atoms with Gasteiger partial charge in [-0.05, 0) is 6.42 Å². The van der Waals surface area contributed by atoms with E-state index in [1.165, 1.54) is 0 Å². The second-order valence-electron chi connectivity index (χ2n) is 2.27. The molecule has 0 aliphatic rings. The third-order valence-corrected chi connectivity index (χ3v) is 1.56. The van der Waals surface area contributed by atoms with Crippen LogP contribution in [0.4, 0.5) is 0 Å². The van der Waals surface area contributed by atoms with Crippen LogP contribution in [-0.4, -0.2) is 22.5 Å². The van der Waals surface area contributed by atoms with Gasteiger partial charge in [-0.25, -0.2) is 0 Å². The van der Waals surface area contributed by atoms with E-state index in [1.54, 1.807) is 6.92 Å². The van der Waals surface area contributed by atoms with Gasteiger partial charge in [0, 0.05) is 17.7 Å². The third-order valence-electron chi connectivity index (χ3n) is 1.56. The average Bonchev–Trinajstić information content (AvgIpc) is 2.05. The van der Waals surface area contributed by atoms with Crippen LogP contribution in [-0.2, 0) is 0 Å². The summed E-state index contributed by atoms with van der Waals surface area (Å²) >= 11 is 0. The second-order valence-corrected chi connectivity index (χ2v) is 2.27. The van der Waals surface area contributed by atoms with Gasteiger partial charge in [-0.1, -0.05) is 13.8 Å². The van der Waals surface area contributed by atoms with Crippen molar-refractivity contribution in [1.29, 1.82) is 5.41 Å². The first-order valence-electron chi connectivity index (χ1n) is 3.76. The zero-order chi connectivity index (χ0) is 8.85. The lowest BCUT2D eigenvalue weighted by Gasteiger charge is -2.06. The Morgan fingerprint density at radius 2 is 1.82 bits per heavy atom. The van der Waals surface area contributed by atoms with Gasteiger partial charge in [0.25, 0.3) is 0 Å². The number of aliphatic hydroxyl groups excluding tert-OH is 2. The molecule has 0 rings (SSSR count). The van der Waals surface area contributed by atoms with E-state index < -0.39 is 0 Å². The summed E-state index contributed by atoms with van der Waals surface area (Å²) in [6.07, 6.45) is 1.01. The highest BCUT2D eigenvalue weighted by Gasteiger charge is 2.06. The first kappa shape index (κ1) is 10.2. The van der Waals surface area contributed by atoms with Gasteiger partial charge in [0.1, 0.15) is 0 Å². The Balaban J connectivity index is 4.50. The van der Waals surface area contributed by atoms with Crippen molar-refractivity contribution in [2.24, 2.45) is 0 Å². The molecule has 0 saturated heterocycles. The van der Waals surface area contributed by atoms with Crippen molar-refractivity contribution >= 4 is 5.71 Å². The molecule has 0 atom stereocenters. The van der Waals surface area contributed by atoms with Crippen molar-refractivity contribution in [2.75, 3.05) is 6.61 Å². The van der Waals surface area contributed by atoms with E-state index >= 15 is 0 Å². The maximum absolute atomic E-state index is 9.20. The topological polar surface area (TPSA) is 64.3 Å². The van der Waals surface area contributed by atoms with Crippen LogP contribution in [0.2, 0.25) is 0 Å². The lowest BCUT2D eigenvalue weighted by Crippen LogP contribution is -2.07. The van der Waals surface area contributed by atoms with Gasteiger partial charge in [-0.3, -0.25) is 0 Å². The Bertz CT molecular complexity index is 173. The number of nitrogens with one attached hydrogen (secondary N) is 1. The smallest absolute Gasteiger partial charge is 0.0992 e. The second kappa shape index (κ2) is 4.91. The molecular formula is C8H15NO2. The van der Waals surface area contributed by atoms with Crippen LogP contribution in [0.15, 0.2) is 11.3 Å². The van der Waals surface area contributed by atoms with Crippen LogP contribution in [0.1, 0.15) is 26.7 Å². The molecule has 0 aromatic carbocycles. The molecular weight excluding hydrogens is 142 g/mol. The lowest BCUT2D eigenvalue weighted by molar-refractivity contribution is 0.318. The zero-order valence-corrected chi connectivity index (χ0v) is 7.02. The Kier molecular flexibility index (Phi) is 4.54. The molecule has 0 heterocycles. The van der Waals surface area contributed by atoms with Gasteiger partial charge >= 0.3 is 0 Å². The van der Waals surface area contributed by atoms with Gasteiger partial charge in [0.15, 0.2) is 0 Å². The molecule has 0 amide bonds. The van der Waals surface area contributed by atoms with Gasteiger partial charge in [-0.2, -0.15) is 0 Å². The van der Waals surface area contributed by atoms with E-state index in [2.05, 4.69) is 0 Å². The summed E-state index contributed by atoms with van der Waals surface area (Å²) in [6, 6.07) is 0. The van der Waals surface area contributed by atoms with E-state index in [1.807, 2.05) is 6.92 Å². The van der Waals surface area contributed by atoms with Crippen LogP contribution >= 0.6 is 0 Å². The molecule has 3 heteroatoms. The van der Waals surface area contributed by atoms with Crippen molar-refractivity contribution in [2.45, 2.75) is 26.7 Å². The molecule has 0 spiro atoms. The molecule has 3 nitrogen and oxygen atoms in total. The van der Waals surface area contributed by atoms with Crippen LogP contribution in [0, 0.1) is 5.41 Å². The first-order valence-corrected chi connectivity index (χ1v) is 3.76. The highest BCUT2D eigenvalue weighted by molar-refractivity contribution is 5.98. The van der Waals surface area contributed by atoms with Gasteiger partial charge < -0.3 is 15.6 Å². The predicted octanol–water partition coefficient (Wildman–Crippen LogP) is 1.63. The summed E-state index contributed by atoms with van der Waals surface area (Å²) in [6.45, 7) is 3.36. The normalized spacial score (nSPS) is 12.6. The number of hydrogen-bond donors (Lipinski definition) is 3. The minimum Gasteiger partial charge on any atom is -0.512 e. The summed E-state index contributed by atoms with van der Waals surface area (Å²) in [4.78, 5) is 0. The molecule has 11 heavy (non-hydrogen) atoms. The summed E-state index contributed by atoms with van der Waals surface area (Å²) in [7, 11) is 0. The van der Waals surface area contributed by atoms with Crippen LogP contribution in [0.25, 0.3) is 0 Å². The minimum atomic E-state index is -0.244. The summed E-state index contributed by atoms with van der Waals surface area (Å²) < 4.78 is 0. The quantitative estimate of drug-likeness (QED) is 0.429. The third kappa shape index (κ3) is 2.72. The maximum atomic E-state index is 9.20. The summed E-state index contributed by atoms with van der Waals surface area (Å²) in [5, 5.41) is 25.3. The highest BCUT2D eigenvalue weighted by Crippen LogP contribution is 2.07. The monoisotopic (exact) mass is 157 g/mol. The number of hydrogen-bond acceptors (Lipinski definition) is 3. The fourth-order valence-electron chi connectivity index (χ4n) is 0.788. The molecule has 0 bridgehead atoms. The highest BCUT2D eigenvalue weighted by atomic mass is 16.3. The molecule has 0 aliphatic heterocycles. The van der Waals surface area contributed by atoms with Crippen molar-refractivity contribution in [3.63, 3.8) is 0 Å². The van der Waals surface area contributed by atoms with E-state index in [9.17, 15) is 5.11 Å². The van der Waals surface area contributed by atoms with Crippen LogP contribution < -0.4 is 0 Å².